The molecule has 168 valence electrons. The predicted octanol–water partition coefficient (Wildman–Crippen LogP) is 3.68. The van der Waals surface area contributed by atoms with Crippen molar-refractivity contribution in [2.24, 2.45) is 0 Å². The van der Waals surface area contributed by atoms with Gasteiger partial charge in [0.2, 0.25) is 5.91 Å². The van der Waals surface area contributed by atoms with Crippen molar-refractivity contribution in [1.82, 2.24) is 10.2 Å². The van der Waals surface area contributed by atoms with Crippen molar-refractivity contribution in [2.45, 2.75) is 18.4 Å². The van der Waals surface area contributed by atoms with Crippen LogP contribution in [0, 0.1) is 0 Å². The van der Waals surface area contributed by atoms with E-state index >= 15 is 0 Å². The number of ether oxygens (including phenoxy) is 1. The number of carbonyl (C=O) groups excluding carboxylic acids is 2. The minimum absolute atomic E-state index is 0.0517. The zero-order valence-corrected chi connectivity index (χ0v) is 17.9. The lowest BCUT2D eigenvalue weighted by Crippen LogP contribution is -2.45. The number of nitrogens with one attached hydrogen (secondary N) is 1. The van der Waals surface area contributed by atoms with Crippen molar-refractivity contribution in [3.05, 3.63) is 96.1 Å². The molecule has 0 radical (unpaired) electrons. The van der Waals surface area contributed by atoms with Crippen molar-refractivity contribution in [3.63, 3.8) is 0 Å². The number of hydrogen-bond acceptors (Lipinski definition) is 4. The molecule has 0 aliphatic carbocycles. The van der Waals surface area contributed by atoms with E-state index in [1.165, 1.54) is 4.90 Å². The lowest BCUT2D eigenvalue weighted by Gasteiger charge is -2.21. The number of carbonyl (C=O) groups is 3. The highest BCUT2D eigenvalue weighted by atomic mass is 16.5. The van der Waals surface area contributed by atoms with Gasteiger partial charge in [-0.25, -0.2) is 4.79 Å². The molecule has 3 aromatic rings. The maximum absolute atomic E-state index is 12.8. The number of nitrogens with zero attached hydrogens (tertiary/aromatic N) is 1. The summed E-state index contributed by atoms with van der Waals surface area (Å²) in [4.78, 5) is 38.3. The fraction of sp³-hybridized carbons (Fsp3) is 0.192. The van der Waals surface area contributed by atoms with Crippen LogP contribution in [0.15, 0.2) is 84.9 Å². The van der Waals surface area contributed by atoms with Crippen LogP contribution >= 0.6 is 0 Å². The standard InChI is InChI=1S/C26H24N2O5/c29-24(28-17-20(15-23(28)26(31)32)18-7-3-1-4-8-18)16-27-25(30)19-11-13-22(14-12-19)33-21-9-5-2-6-10-21/h1-14,20,23H,15-17H2,(H,27,30)(H,31,32). The van der Waals surface area contributed by atoms with Crippen LogP contribution in [0.1, 0.15) is 28.3 Å². The molecule has 2 unspecified atom stereocenters. The second-order valence-corrected chi connectivity index (χ2v) is 7.87. The van der Waals surface area contributed by atoms with Gasteiger partial charge in [0.15, 0.2) is 0 Å². The van der Waals surface area contributed by atoms with Gasteiger partial charge in [0, 0.05) is 18.0 Å². The summed E-state index contributed by atoms with van der Waals surface area (Å²) in [6.07, 6.45) is 0.349. The molecule has 0 bridgehead atoms. The SMILES string of the molecule is O=C(NCC(=O)N1CC(c2ccccc2)CC1C(=O)O)c1ccc(Oc2ccccc2)cc1. The van der Waals surface area contributed by atoms with E-state index in [1.54, 1.807) is 24.3 Å². The second kappa shape index (κ2) is 9.99. The topological polar surface area (TPSA) is 95.9 Å². The van der Waals surface area contributed by atoms with E-state index in [0.717, 1.165) is 5.56 Å². The molecule has 1 aliphatic heterocycles. The van der Waals surface area contributed by atoms with E-state index in [0.29, 0.717) is 30.0 Å². The summed E-state index contributed by atoms with van der Waals surface area (Å²) in [5.41, 5.74) is 1.38. The summed E-state index contributed by atoms with van der Waals surface area (Å²) in [6.45, 7) is 0.0353. The minimum Gasteiger partial charge on any atom is -0.480 e. The molecule has 1 aliphatic rings. The summed E-state index contributed by atoms with van der Waals surface area (Å²) >= 11 is 0. The Morgan fingerprint density at radius 3 is 2.12 bits per heavy atom. The zero-order valence-electron chi connectivity index (χ0n) is 17.9. The average molecular weight is 444 g/mol. The van der Waals surface area contributed by atoms with Gasteiger partial charge in [0.05, 0.1) is 6.54 Å². The molecule has 3 aromatic carbocycles. The van der Waals surface area contributed by atoms with Crippen molar-refractivity contribution in [3.8, 4) is 11.5 Å². The molecule has 2 amide bonds. The third-order valence-electron chi connectivity index (χ3n) is 5.67. The van der Waals surface area contributed by atoms with E-state index in [2.05, 4.69) is 5.32 Å². The maximum atomic E-state index is 12.8. The highest BCUT2D eigenvalue weighted by Crippen LogP contribution is 2.32. The normalized spacial score (nSPS) is 17.4. The number of amides is 2. The number of carboxylic acids is 1. The van der Waals surface area contributed by atoms with E-state index in [1.807, 2.05) is 60.7 Å². The predicted molar refractivity (Wildman–Crippen MR) is 122 cm³/mol. The highest BCUT2D eigenvalue weighted by molar-refractivity contribution is 5.97. The van der Waals surface area contributed by atoms with Crippen LogP contribution in [-0.2, 0) is 9.59 Å². The van der Waals surface area contributed by atoms with Crippen LogP contribution < -0.4 is 10.1 Å². The number of likely N-dealkylation sites (tertiary alicyclic amines) is 1. The molecular formula is C26H24N2O5. The smallest absolute Gasteiger partial charge is 0.326 e. The van der Waals surface area contributed by atoms with Crippen molar-refractivity contribution in [2.75, 3.05) is 13.1 Å². The Bertz CT molecular complexity index is 1120. The number of rotatable bonds is 7. The van der Waals surface area contributed by atoms with Gasteiger partial charge >= 0.3 is 5.97 Å². The van der Waals surface area contributed by atoms with Gasteiger partial charge in [-0.3, -0.25) is 9.59 Å². The van der Waals surface area contributed by atoms with Gasteiger partial charge in [0.1, 0.15) is 17.5 Å². The Kier molecular flexibility index (Phi) is 6.69. The van der Waals surface area contributed by atoms with Crippen LogP contribution in [0.5, 0.6) is 11.5 Å². The fourth-order valence-corrected chi connectivity index (χ4v) is 3.97. The van der Waals surface area contributed by atoms with Crippen molar-refractivity contribution in [1.29, 1.82) is 0 Å². The molecule has 2 N–H and O–H groups in total. The minimum atomic E-state index is -1.04. The van der Waals surface area contributed by atoms with Gasteiger partial charge in [-0.05, 0) is 48.4 Å². The monoisotopic (exact) mass is 444 g/mol. The summed E-state index contributed by atoms with van der Waals surface area (Å²) in [6, 6.07) is 24.5. The molecule has 7 heteroatoms. The third-order valence-corrected chi connectivity index (χ3v) is 5.67. The second-order valence-electron chi connectivity index (χ2n) is 7.87. The molecule has 0 spiro atoms. The van der Waals surface area contributed by atoms with Gasteiger partial charge in [0.25, 0.3) is 5.91 Å². The van der Waals surface area contributed by atoms with Crippen LogP contribution in [-0.4, -0.2) is 46.9 Å². The Morgan fingerprint density at radius 2 is 1.48 bits per heavy atom. The first-order valence-corrected chi connectivity index (χ1v) is 10.7. The number of carboxylic acid groups (broad SMARTS) is 1. The highest BCUT2D eigenvalue weighted by Gasteiger charge is 2.40. The van der Waals surface area contributed by atoms with Crippen LogP contribution in [0.4, 0.5) is 0 Å². The molecule has 1 saturated heterocycles. The first-order valence-electron chi connectivity index (χ1n) is 10.7. The maximum Gasteiger partial charge on any atom is 0.326 e. The first-order chi connectivity index (χ1) is 16.0. The number of benzene rings is 3. The van der Waals surface area contributed by atoms with Gasteiger partial charge in [-0.15, -0.1) is 0 Å². The summed E-state index contributed by atoms with van der Waals surface area (Å²) in [5, 5.41) is 12.2. The van der Waals surface area contributed by atoms with E-state index in [9.17, 15) is 19.5 Å². The van der Waals surface area contributed by atoms with Gasteiger partial charge in [-0.1, -0.05) is 48.5 Å². The summed E-state index contributed by atoms with van der Waals surface area (Å²) < 4.78 is 5.71. The Hall–Kier alpha value is -4.13. The zero-order chi connectivity index (χ0) is 23.2. The Labute approximate surface area is 191 Å². The lowest BCUT2D eigenvalue weighted by atomic mass is 9.96. The lowest BCUT2D eigenvalue weighted by molar-refractivity contribution is -0.147. The summed E-state index contributed by atoms with van der Waals surface area (Å²) in [5.74, 6) is -0.653. The van der Waals surface area contributed by atoms with E-state index < -0.39 is 23.8 Å². The number of para-hydroxylation sites is 1. The molecule has 33 heavy (non-hydrogen) atoms. The van der Waals surface area contributed by atoms with Crippen LogP contribution in [0.3, 0.4) is 0 Å². The summed E-state index contributed by atoms with van der Waals surface area (Å²) in [7, 11) is 0. The number of aliphatic carboxylic acids is 1. The molecule has 2 atom stereocenters. The molecule has 0 aromatic heterocycles. The molecule has 4 rings (SSSR count). The average Bonchev–Trinajstić information content (AvgIpc) is 3.30. The van der Waals surface area contributed by atoms with E-state index in [4.69, 9.17) is 4.74 Å². The molecule has 7 nitrogen and oxygen atoms in total. The van der Waals surface area contributed by atoms with Gasteiger partial charge in [-0.2, -0.15) is 0 Å². The molecule has 1 heterocycles. The Morgan fingerprint density at radius 1 is 0.879 bits per heavy atom. The largest absolute Gasteiger partial charge is 0.480 e. The molecule has 1 fully saturated rings. The van der Waals surface area contributed by atoms with Gasteiger partial charge < -0.3 is 20.1 Å². The number of hydrogen-bond donors (Lipinski definition) is 2. The quantitative estimate of drug-likeness (QED) is 0.580. The van der Waals surface area contributed by atoms with E-state index in [-0.39, 0.29) is 12.5 Å². The van der Waals surface area contributed by atoms with Crippen LogP contribution in [0.2, 0.25) is 0 Å². The first kappa shape index (κ1) is 22.1. The third kappa shape index (κ3) is 5.38. The molecule has 0 saturated carbocycles. The Balaban J connectivity index is 1.34. The molecular weight excluding hydrogens is 420 g/mol. The van der Waals surface area contributed by atoms with Crippen LogP contribution in [0.25, 0.3) is 0 Å². The fourth-order valence-electron chi connectivity index (χ4n) is 3.97. The van der Waals surface area contributed by atoms with Crippen molar-refractivity contribution >= 4 is 17.8 Å². The van der Waals surface area contributed by atoms with Crippen molar-refractivity contribution < 1.29 is 24.2 Å².